The number of rotatable bonds is 5. The number of hydrogen-bond acceptors (Lipinski definition) is 3. The molecule has 0 aliphatic carbocycles. The molecule has 0 radical (unpaired) electrons. The fourth-order valence-electron chi connectivity index (χ4n) is 4.79. The quantitative estimate of drug-likeness (QED) is 0.861. The SMILES string of the molecule is CC(=O)N1CC(CCN2CCC(c3ccc(CN)cc3)CC2)c2ccccc21. The third-order valence-electron chi connectivity index (χ3n) is 6.52. The van der Waals surface area contributed by atoms with E-state index in [2.05, 4.69) is 47.4 Å². The molecule has 1 saturated heterocycles. The van der Waals surface area contributed by atoms with E-state index in [0.29, 0.717) is 18.4 Å². The van der Waals surface area contributed by atoms with Crippen molar-refractivity contribution in [1.29, 1.82) is 0 Å². The summed E-state index contributed by atoms with van der Waals surface area (Å²) in [6.45, 7) is 6.55. The van der Waals surface area contributed by atoms with Crippen molar-refractivity contribution in [2.45, 2.75) is 44.6 Å². The number of carbonyl (C=O) groups excluding carboxylic acids is 1. The van der Waals surface area contributed by atoms with Gasteiger partial charge in [0.25, 0.3) is 0 Å². The molecule has 0 spiro atoms. The van der Waals surface area contributed by atoms with Crippen molar-refractivity contribution in [2.24, 2.45) is 5.73 Å². The summed E-state index contributed by atoms with van der Waals surface area (Å²) >= 11 is 0. The minimum atomic E-state index is 0.149. The van der Waals surface area contributed by atoms with Crippen LogP contribution in [0.4, 0.5) is 5.69 Å². The first kappa shape index (κ1) is 19.2. The Bertz CT molecular complexity index is 809. The van der Waals surface area contributed by atoms with E-state index in [0.717, 1.165) is 38.3 Å². The minimum Gasteiger partial charge on any atom is -0.326 e. The lowest BCUT2D eigenvalue weighted by molar-refractivity contribution is -0.116. The van der Waals surface area contributed by atoms with E-state index in [1.165, 1.54) is 29.5 Å². The van der Waals surface area contributed by atoms with E-state index in [-0.39, 0.29) is 5.91 Å². The van der Waals surface area contributed by atoms with Gasteiger partial charge < -0.3 is 15.5 Å². The molecule has 2 aromatic carbocycles. The molecule has 2 aliphatic heterocycles. The average Bonchev–Trinajstić information content (AvgIpc) is 3.12. The van der Waals surface area contributed by atoms with Crippen molar-refractivity contribution < 1.29 is 4.79 Å². The van der Waals surface area contributed by atoms with E-state index in [9.17, 15) is 4.79 Å². The highest BCUT2D eigenvalue weighted by Gasteiger charge is 2.31. The van der Waals surface area contributed by atoms with Crippen molar-refractivity contribution in [1.82, 2.24) is 4.90 Å². The number of piperidine rings is 1. The molecule has 0 aromatic heterocycles. The Morgan fingerprint density at radius 2 is 1.79 bits per heavy atom. The van der Waals surface area contributed by atoms with Crippen LogP contribution in [-0.4, -0.2) is 37.0 Å². The van der Waals surface area contributed by atoms with E-state index < -0.39 is 0 Å². The molecule has 2 heterocycles. The van der Waals surface area contributed by atoms with Gasteiger partial charge in [-0.05, 0) is 67.6 Å². The zero-order valence-electron chi connectivity index (χ0n) is 16.8. The molecule has 1 amide bonds. The molecule has 2 aromatic rings. The number of anilines is 1. The molecular weight excluding hydrogens is 346 g/mol. The first-order chi connectivity index (χ1) is 13.7. The Morgan fingerprint density at radius 3 is 2.46 bits per heavy atom. The summed E-state index contributed by atoms with van der Waals surface area (Å²) in [5, 5.41) is 0. The lowest BCUT2D eigenvalue weighted by Gasteiger charge is -2.33. The number of likely N-dealkylation sites (tertiary alicyclic amines) is 1. The highest BCUT2D eigenvalue weighted by Crippen LogP contribution is 2.38. The van der Waals surface area contributed by atoms with Crippen LogP contribution < -0.4 is 10.6 Å². The van der Waals surface area contributed by atoms with Crippen LogP contribution >= 0.6 is 0 Å². The number of fused-ring (bicyclic) bond motifs is 1. The third kappa shape index (κ3) is 3.98. The maximum absolute atomic E-state index is 12.0. The molecule has 28 heavy (non-hydrogen) atoms. The lowest BCUT2D eigenvalue weighted by atomic mass is 9.88. The van der Waals surface area contributed by atoms with Gasteiger partial charge in [0.2, 0.25) is 5.91 Å². The molecule has 1 unspecified atom stereocenters. The monoisotopic (exact) mass is 377 g/mol. The van der Waals surface area contributed by atoms with Crippen LogP contribution in [0.25, 0.3) is 0 Å². The molecular formula is C24H31N3O. The highest BCUT2D eigenvalue weighted by atomic mass is 16.2. The Labute approximate surface area is 168 Å². The standard InChI is InChI=1S/C24H31N3O/c1-18(28)27-17-22(23-4-2-3-5-24(23)27)12-15-26-13-10-21(11-14-26)20-8-6-19(16-25)7-9-20/h2-9,21-22H,10-17,25H2,1H3. The lowest BCUT2D eigenvalue weighted by Crippen LogP contribution is -2.35. The zero-order valence-corrected chi connectivity index (χ0v) is 16.8. The Hall–Kier alpha value is -2.17. The van der Waals surface area contributed by atoms with Crippen molar-refractivity contribution in [3.8, 4) is 0 Å². The fourth-order valence-corrected chi connectivity index (χ4v) is 4.79. The number of carbonyl (C=O) groups is 1. The number of nitrogens with zero attached hydrogens (tertiary/aromatic N) is 2. The summed E-state index contributed by atoms with van der Waals surface area (Å²) < 4.78 is 0. The van der Waals surface area contributed by atoms with Gasteiger partial charge in [0, 0.05) is 31.6 Å². The van der Waals surface area contributed by atoms with Gasteiger partial charge >= 0.3 is 0 Å². The van der Waals surface area contributed by atoms with Gasteiger partial charge in [-0.25, -0.2) is 0 Å². The molecule has 0 saturated carbocycles. The smallest absolute Gasteiger partial charge is 0.223 e. The molecule has 4 rings (SSSR count). The van der Waals surface area contributed by atoms with Gasteiger partial charge in [0.05, 0.1) is 0 Å². The summed E-state index contributed by atoms with van der Waals surface area (Å²) in [5.41, 5.74) is 10.8. The molecule has 2 N–H and O–H groups in total. The fraction of sp³-hybridized carbons (Fsp3) is 0.458. The predicted molar refractivity (Wildman–Crippen MR) is 115 cm³/mol. The predicted octanol–water partition coefficient (Wildman–Crippen LogP) is 3.87. The highest BCUT2D eigenvalue weighted by molar-refractivity contribution is 5.94. The van der Waals surface area contributed by atoms with Gasteiger partial charge in [0.15, 0.2) is 0 Å². The molecule has 0 bridgehead atoms. The number of para-hydroxylation sites is 1. The van der Waals surface area contributed by atoms with E-state index in [1.54, 1.807) is 6.92 Å². The summed E-state index contributed by atoms with van der Waals surface area (Å²) in [6, 6.07) is 17.2. The molecule has 1 atom stereocenters. The largest absolute Gasteiger partial charge is 0.326 e. The van der Waals surface area contributed by atoms with E-state index in [1.807, 2.05) is 11.0 Å². The van der Waals surface area contributed by atoms with Crippen molar-refractivity contribution >= 4 is 11.6 Å². The summed E-state index contributed by atoms with van der Waals surface area (Å²) in [7, 11) is 0. The summed E-state index contributed by atoms with van der Waals surface area (Å²) in [4.78, 5) is 16.5. The van der Waals surface area contributed by atoms with Crippen LogP contribution in [0.15, 0.2) is 48.5 Å². The molecule has 148 valence electrons. The maximum Gasteiger partial charge on any atom is 0.223 e. The van der Waals surface area contributed by atoms with Crippen LogP contribution in [0.3, 0.4) is 0 Å². The van der Waals surface area contributed by atoms with Crippen LogP contribution in [0.1, 0.15) is 54.7 Å². The normalized spacial score (nSPS) is 20.4. The Kier molecular flexibility index (Phi) is 5.79. The summed E-state index contributed by atoms with van der Waals surface area (Å²) in [5.74, 6) is 1.28. The second-order valence-electron chi connectivity index (χ2n) is 8.24. The first-order valence-electron chi connectivity index (χ1n) is 10.5. The number of amides is 1. The Balaban J connectivity index is 1.30. The molecule has 1 fully saturated rings. The Morgan fingerprint density at radius 1 is 1.07 bits per heavy atom. The second-order valence-corrected chi connectivity index (χ2v) is 8.24. The third-order valence-corrected chi connectivity index (χ3v) is 6.52. The second kappa shape index (κ2) is 8.46. The van der Waals surface area contributed by atoms with Gasteiger partial charge in [0.1, 0.15) is 0 Å². The van der Waals surface area contributed by atoms with Crippen molar-refractivity contribution in [3.05, 3.63) is 65.2 Å². The molecule has 4 nitrogen and oxygen atoms in total. The molecule has 2 aliphatic rings. The van der Waals surface area contributed by atoms with Crippen molar-refractivity contribution in [3.63, 3.8) is 0 Å². The van der Waals surface area contributed by atoms with E-state index >= 15 is 0 Å². The van der Waals surface area contributed by atoms with Gasteiger partial charge in [-0.2, -0.15) is 0 Å². The molecule has 4 heteroatoms. The van der Waals surface area contributed by atoms with Crippen LogP contribution in [0.5, 0.6) is 0 Å². The minimum absolute atomic E-state index is 0.149. The van der Waals surface area contributed by atoms with Gasteiger partial charge in [-0.1, -0.05) is 42.5 Å². The van der Waals surface area contributed by atoms with Crippen LogP contribution in [0, 0.1) is 0 Å². The number of benzene rings is 2. The average molecular weight is 378 g/mol. The maximum atomic E-state index is 12.0. The van der Waals surface area contributed by atoms with Crippen LogP contribution in [-0.2, 0) is 11.3 Å². The van der Waals surface area contributed by atoms with Crippen molar-refractivity contribution in [2.75, 3.05) is 31.1 Å². The van der Waals surface area contributed by atoms with Gasteiger partial charge in [-0.3, -0.25) is 4.79 Å². The zero-order chi connectivity index (χ0) is 19.5. The number of nitrogens with two attached hydrogens (primary N) is 1. The van der Waals surface area contributed by atoms with E-state index in [4.69, 9.17) is 5.73 Å². The number of hydrogen-bond donors (Lipinski definition) is 1. The van der Waals surface area contributed by atoms with Crippen LogP contribution in [0.2, 0.25) is 0 Å². The summed E-state index contributed by atoms with van der Waals surface area (Å²) in [6.07, 6.45) is 3.57. The van der Waals surface area contributed by atoms with Gasteiger partial charge in [-0.15, -0.1) is 0 Å². The topological polar surface area (TPSA) is 49.6 Å². The first-order valence-corrected chi connectivity index (χ1v) is 10.5.